The highest BCUT2D eigenvalue weighted by Crippen LogP contribution is 2.42. The largest absolute Gasteiger partial charge is 0.573 e. The van der Waals surface area contributed by atoms with Crippen molar-refractivity contribution < 1.29 is 32.2 Å². The van der Waals surface area contributed by atoms with Crippen molar-refractivity contribution in [1.29, 1.82) is 0 Å². The zero-order valence-electron chi connectivity index (χ0n) is 24.8. The van der Waals surface area contributed by atoms with Crippen LogP contribution in [0.2, 0.25) is 0 Å². The summed E-state index contributed by atoms with van der Waals surface area (Å²) in [5, 5.41) is 3.03. The molecule has 1 heterocycles. The molecule has 1 aliphatic heterocycles. The van der Waals surface area contributed by atoms with Gasteiger partial charge < -0.3 is 19.7 Å². The monoisotopic (exact) mass is 587 g/mol. The number of alkyl halides is 3. The summed E-state index contributed by atoms with van der Waals surface area (Å²) in [5.41, 5.74) is 2.88. The second kappa shape index (κ2) is 14.9. The van der Waals surface area contributed by atoms with Crippen LogP contribution < -0.4 is 15.0 Å². The number of rotatable bonds is 7. The summed E-state index contributed by atoms with van der Waals surface area (Å²) in [6.45, 7) is 8.10. The highest BCUT2D eigenvalue weighted by atomic mass is 19.4. The van der Waals surface area contributed by atoms with Crippen LogP contribution in [-0.2, 0) is 16.0 Å². The highest BCUT2D eigenvalue weighted by Gasteiger charge is 2.40. The number of amides is 1. The van der Waals surface area contributed by atoms with E-state index in [1.165, 1.54) is 24.3 Å². The van der Waals surface area contributed by atoms with Crippen molar-refractivity contribution >= 4 is 23.4 Å². The van der Waals surface area contributed by atoms with Gasteiger partial charge in [0.05, 0.1) is 6.61 Å². The molecule has 228 valence electrons. The average molecular weight is 588 g/mol. The Morgan fingerprint density at radius 1 is 1.12 bits per heavy atom. The maximum absolute atomic E-state index is 13.2. The Morgan fingerprint density at radius 3 is 2.40 bits per heavy atom. The van der Waals surface area contributed by atoms with Crippen LogP contribution in [0.4, 0.5) is 18.9 Å². The average Bonchev–Trinajstić information content (AvgIpc) is 3.44. The van der Waals surface area contributed by atoms with Gasteiger partial charge in [-0.3, -0.25) is 9.79 Å². The molecule has 0 bridgehead atoms. The van der Waals surface area contributed by atoms with E-state index in [1.807, 2.05) is 29.2 Å². The number of amidine groups is 1. The summed E-state index contributed by atoms with van der Waals surface area (Å²) in [6, 6.07) is 13.2. The number of nitrogens with one attached hydrogen (secondary N) is 1. The Bertz CT molecular complexity index is 1270. The van der Waals surface area contributed by atoms with Crippen LogP contribution in [0.25, 0.3) is 0 Å². The van der Waals surface area contributed by atoms with E-state index in [9.17, 15) is 22.8 Å². The predicted molar refractivity (Wildman–Crippen MR) is 158 cm³/mol. The maximum atomic E-state index is 13.2. The molecule has 0 saturated heterocycles. The number of allylic oxidation sites excluding steroid dienone is 1. The van der Waals surface area contributed by atoms with E-state index >= 15 is 0 Å². The van der Waals surface area contributed by atoms with Gasteiger partial charge in [-0.1, -0.05) is 44.5 Å². The lowest BCUT2D eigenvalue weighted by atomic mass is 9.87. The number of aliphatic imine (C=N–C) groups is 1. The number of benzene rings is 2. The number of hydrogen-bond donors (Lipinski definition) is 1. The van der Waals surface area contributed by atoms with Crippen LogP contribution in [0.1, 0.15) is 69.3 Å². The quantitative estimate of drug-likeness (QED) is 0.162. The number of anilines is 1. The van der Waals surface area contributed by atoms with Gasteiger partial charge in [0.15, 0.2) is 0 Å². The maximum Gasteiger partial charge on any atom is 0.573 e. The summed E-state index contributed by atoms with van der Waals surface area (Å²) in [6.07, 6.45) is 2.05. The summed E-state index contributed by atoms with van der Waals surface area (Å²) in [4.78, 5) is 30.7. The third-order valence-electron chi connectivity index (χ3n) is 7.60. The fraction of sp³-hybridized carbons (Fsp3) is 0.469. The van der Waals surface area contributed by atoms with E-state index < -0.39 is 6.36 Å². The van der Waals surface area contributed by atoms with Crippen LogP contribution in [-0.4, -0.2) is 43.8 Å². The molecule has 0 aromatic heterocycles. The molecule has 7 nitrogen and oxygen atoms in total. The number of fused-ring (bicyclic) bond motifs is 2. The lowest BCUT2D eigenvalue weighted by Crippen LogP contribution is -2.46. The SMILES string of the molecule is C/C=C(\NC(=NC)C(C)CC)C(=O)OCC.O=C(c1ccc(OC(F)(F)F)cc1)N1c2ccccc2CC2CCCC21. The molecule has 2 aromatic rings. The van der Waals surface area contributed by atoms with Gasteiger partial charge in [-0.25, -0.2) is 4.79 Å². The minimum atomic E-state index is -4.74. The number of carbonyl (C=O) groups excluding carboxylic acids is 2. The first-order chi connectivity index (χ1) is 20.0. The Balaban J connectivity index is 0.000000263. The molecule has 1 N–H and O–H groups in total. The number of para-hydroxylation sites is 1. The van der Waals surface area contributed by atoms with Gasteiger partial charge in [0.1, 0.15) is 17.3 Å². The first kappa shape index (κ1) is 32.7. The van der Waals surface area contributed by atoms with Crippen LogP contribution in [0.3, 0.4) is 0 Å². The predicted octanol–water partition coefficient (Wildman–Crippen LogP) is 7.07. The number of nitrogens with zero attached hydrogens (tertiary/aromatic N) is 2. The molecule has 1 amide bonds. The van der Waals surface area contributed by atoms with Gasteiger partial charge in [-0.05, 0) is 81.3 Å². The van der Waals surface area contributed by atoms with Crippen LogP contribution in [0.5, 0.6) is 5.75 Å². The first-order valence-electron chi connectivity index (χ1n) is 14.4. The van der Waals surface area contributed by atoms with Gasteiger partial charge in [0.2, 0.25) is 0 Å². The van der Waals surface area contributed by atoms with Crippen LogP contribution in [0, 0.1) is 11.8 Å². The van der Waals surface area contributed by atoms with Gasteiger partial charge in [0, 0.05) is 30.3 Å². The molecule has 1 saturated carbocycles. The molecular formula is C32H40F3N3O4. The second-order valence-corrected chi connectivity index (χ2v) is 10.3. The summed E-state index contributed by atoms with van der Waals surface area (Å²) >= 11 is 0. The molecule has 42 heavy (non-hydrogen) atoms. The van der Waals surface area contributed by atoms with E-state index in [0.29, 0.717) is 29.7 Å². The number of ether oxygens (including phenoxy) is 2. The normalized spacial score (nSPS) is 19.1. The van der Waals surface area contributed by atoms with Crippen molar-refractivity contribution in [2.75, 3.05) is 18.6 Å². The van der Waals surface area contributed by atoms with E-state index in [1.54, 1.807) is 27.0 Å². The lowest BCUT2D eigenvalue weighted by Gasteiger charge is -2.39. The minimum Gasteiger partial charge on any atom is -0.461 e. The molecule has 2 aliphatic rings. The highest BCUT2D eigenvalue weighted by molar-refractivity contribution is 6.07. The third kappa shape index (κ3) is 8.36. The Kier molecular flexibility index (Phi) is 11.6. The number of halogens is 3. The van der Waals surface area contributed by atoms with E-state index in [2.05, 4.69) is 28.9 Å². The Hall–Kier alpha value is -3.82. The van der Waals surface area contributed by atoms with Crippen molar-refractivity contribution in [2.45, 2.75) is 72.2 Å². The zero-order chi connectivity index (χ0) is 30.9. The van der Waals surface area contributed by atoms with Crippen LogP contribution in [0.15, 0.2) is 65.3 Å². The number of carbonyl (C=O) groups is 2. The molecule has 4 rings (SSSR count). The van der Waals surface area contributed by atoms with Crippen LogP contribution >= 0.6 is 0 Å². The molecular weight excluding hydrogens is 547 g/mol. The van der Waals surface area contributed by atoms with E-state index in [-0.39, 0.29) is 23.7 Å². The zero-order valence-corrected chi connectivity index (χ0v) is 24.8. The molecule has 1 fully saturated rings. The molecule has 3 unspecified atom stereocenters. The summed E-state index contributed by atoms with van der Waals surface area (Å²) < 4.78 is 45.7. The van der Waals surface area contributed by atoms with Crippen molar-refractivity contribution in [3.05, 3.63) is 71.4 Å². The number of esters is 1. The molecule has 1 aliphatic carbocycles. The van der Waals surface area contributed by atoms with Gasteiger partial charge >= 0.3 is 12.3 Å². The Morgan fingerprint density at radius 2 is 1.81 bits per heavy atom. The minimum absolute atomic E-state index is 0.156. The molecule has 3 atom stereocenters. The molecule has 0 spiro atoms. The fourth-order valence-electron chi connectivity index (χ4n) is 5.35. The molecule has 0 radical (unpaired) electrons. The second-order valence-electron chi connectivity index (χ2n) is 10.3. The number of hydrogen-bond acceptors (Lipinski definition) is 5. The van der Waals surface area contributed by atoms with E-state index in [4.69, 9.17) is 4.74 Å². The van der Waals surface area contributed by atoms with Crippen molar-refractivity contribution in [2.24, 2.45) is 16.8 Å². The molecule has 10 heteroatoms. The summed E-state index contributed by atoms with van der Waals surface area (Å²) in [5.74, 6) is 0.716. The van der Waals surface area contributed by atoms with Gasteiger partial charge in [0.25, 0.3) is 5.91 Å². The van der Waals surface area contributed by atoms with Crippen molar-refractivity contribution in [1.82, 2.24) is 5.32 Å². The van der Waals surface area contributed by atoms with Crippen molar-refractivity contribution in [3.8, 4) is 5.75 Å². The van der Waals surface area contributed by atoms with Crippen molar-refractivity contribution in [3.63, 3.8) is 0 Å². The van der Waals surface area contributed by atoms with Gasteiger partial charge in [-0.15, -0.1) is 13.2 Å². The standard InChI is InChI=1S/C20H18F3NO2.C12H22N2O2/c21-20(22,23)26-16-10-8-13(9-11-16)19(25)24-17-6-2-1-4-14(17)12-15-5-3-7-18(15)24;1-6-9(4)11(13-5)14-10(7-2)12(15)16-8-3/h1-2,4,6,8-11,15,18H,3,5,7,12H2;7,9H,6,8H2,1-5H3,(H,13,14)/b;10-7-. The third-order valence-corrected chi connectivity index (χ3v) is 7.60. The van der Waals surface area contributed by atoms with Gasteiger partial charge in [-0.2, -0.15) is 0 Å². The first-order valence-corrected chi connectivity index (χ1v) is 14.4. The lowest BCUT2D eigenvalue weighted by molar-refractivity contribution is -0.274. The summed E-state index contributed by atoms with van der Waals surface area (Å²) in [7, 11) is 1.72. The smallest absolute Gasteiger partial charge is 0.461 e. The molecule has 2 aromatic carbocycles. The topological polar surface area (TPSA) is 80.2 Å². The van der Waals surface area contributed by atoms with E-state index in [0.717, 1.165) is 49.2 Å². The fourth-order valence-corrected chi connectivity index (χ4v) is 5.35. The Labute approximate surface area is 245 Å².